The molecule has 0 bridgehead atoms. The lowest BCUT2D eigenvalue weighted by atomic mass is 10.1. The van der Waals surface area contributed by atoms with E-state index in [-0.39, 0.29) is 4.90 Å². The van der Waals surface area contributed by atoms with E-state index in [1.807, 2.05) is 6.07 Å². The van der Waals surface area contributed by atoms with Crippen LogP contribution in [-0.2, 0) is 10.1 Å². The van der Waals surface area contributed by atoms with E-state index in [1.165, 1.54) is 6.07 Å². The van der Waals surface area contributed by atoms with Crippen LogP contribution in [0.5, 0.6) is 0 Å². The third-order valence-corrected chi connectivity index (χ3v) is 3.62. The topological polar surface area (TPSA) is 54.4 Å². The van der Waals surface area contributed by atoms with Crippen molar-refractivity contribution in [2.45, 2.75) is 30.6 Å². The summed E-state index contributed by atoms with van der Waals surface area (Å²) in [6.07, 6.45) is 2.24. The van der Waals surface area contributed by atoms with Crippen LogP contribution in [0.1, 0.15) is 29.9 Å². The Hall–Kier alpha value is -0.870. The molecule has 3 nitrogen and oxygen atoms in total. The number of hydrogen-bond acceptors (Lipinski definition) is 2. The Kier molecular flexibility index (Phi) is 2.12. The molecule has 1 aliphatic rings. The molecular weight excluding hydrogens is 200 g/mol. The Balaban J connectivity index is 2.57. The lowest BCUT2D eigenvalue weighted by molar-refractivity contribution is 0.482. The Morgan fingerprint density at radius 3 is 2.50 bits per heavy atom. The fourth-order valence-electron chi connectivity index (χ4n) is 1.75. The van der Waals surface area contributed by atoms with E-state index in [0.717, 1.165) is 18.4 Å². The molecule has 0 spiro atoms. The minimum Gasteiger partial charge on any atom is -0.282 e. The molecule has 1 aromatic carbocycles. The number of hydrogen-bond donors (Lipinski definition) is 1. The van der Waals surface area contributed by atoms with Crippen molar-refractivity contribution in [3.05, 3.63) is 29.3 Å². The third kappa shape index (κ3) is 1.67. The molecule has 14 heavy (non-hydrogen) atoms. The van der Waals surface area contributed by atoms with Crippen molar-refractivity contribution in [2.24, 2.45) is 0 Å². The summed E-state index contributed by atoms with van der Waals surface area (Å²) >= 11 is 0. The predicted octanol–water partition coefficient (Wildman–Crippen LogP) is 2.12. The zero-order valence-electron chi connectivity index (χ0n) is 7.90. The quantitative estimate of drug-likeness (QED) is 0.764. The molecule has 1 saturated carbocycles. The van der Waals surface area contributed by atoms with Gasteiger partial charge in [0.15, 0.2) is 0 Å². The maximum Gasteiger partial charge on any atom is 0.294 e. The second-order valence-electron chi connectivity index (χ2n) is 3.72. The van der Waals surface area contributed by atoms with E-state index in [1.54, 1.807) is 13.0 Å². The summed E-state index contributed by atoms with van der Waals surface area (Å²) in [5.41, 5.74) is 1.75. The molecule has 4 heteroatoms. The first-order valence-electron chi connectivity index (χ1n) is 4.57. The second-order valence-corrected chi connectivity index (χ2v) is 5.11. The molecule has 0 atom stereocenters. The van der Waals surface area contributed by atoms with E-state index in [2.05, 4.69) is 0 Å². The molecule has 0 amide bonds. The van der Waals surface area contributed by atoms with Crippen LogP contribution >= 0.6 is 0 Å². The summed E-state index contributed by atoms with van der Waals surface area (Å²) in [5, 5.41) is 0. The first-order chi connectivity index (χ1) is 6.50. The molecule has 1 aliphatic carbocycles. The smallest absolute Gasteiger partial charge is 0.282 e. The molecule has 0 saturated heterocycles. The van der Waals surface area contributed by atoms with Gasteiger partial charge in [-0.2, -0.15) is 8.42 Å². The van der Waals surface area contributed by atoms with E-state index in [0.29, 0.717) is 11.5 Å². The van der Waals surface area contributed by atoms with Gasteiger partial charge in [-0.15, -0.1) is 0 Å². The van der Waals surface area contributed by atoms with Crippen LogP contribution in [0.2, 0.25) is 0 Å². The highest BCUT2D eigenvalue weighted by molar-refractivity contribution is 7.85. The molecule has 1 aromatic rings. The largest absolute Gasteiger partial charge is 0.294 e. The highest BCUT2D eigenvalue weighted by Crippen LogP contribution is 2.42. The fourth-order valence-corrected chi connectivity index (χ4v) is 2.50. The Bertz CT molecular complexity index is 458. The van der Waals surface area contributed by atoms with Crippen LogP contribution in [0.15, 0.2) is 23.1 Å². The van der Waals surface area contributed by atoms with Crippen molar-refractivity contribution in [3.63, 3.8) is 0 Å². The number of benzene rings is 1. The summed E-state index contributed by atoms with van der Waals surface area (Å²) in [6, 6.07) is 5.06. The van der Waals surface area contributed by atoms with Gasteiger partial charge in [0.2, 0.25) is 0 Å². The zero-order chi connectivity index (χ0) is 10.3. The van der Waals surface area contributed by atoms with E-state index in [4.69, 9.17) is 4.55 Å². The molecular formula is C10H12O3S. The summed E-state index contributed by atoms with van der Waals surface area (Å²) in [6.45, 7) is 1.75. The van der Waals surface area contributed by atoms with E-state index in [9.17, 15) is 8.42 Å². The normalized spacial score (nSPS) is 17.0. The molecule has 1 N–H and O–H groups in total. The maximum atomic E-state index is 11.0. The molecule has 0 unspecified atom stereocenters. The van der Waals surface area contributed by atoms with Crippen molar-refractivity contribution in [1.82, 2.24) is 0 Å². The molecule has 1 fully saturated rings. The van der Waals surface area contributed by atoms with Crippen LogP contribution < -0.4 is 0 Å². The Morgan fingerprint density at radius 2 is 2.00 bits per heavy atom. The summed E-state index contributed by atoms with van der Waals surface area (Å²) in [7, 11) is -4.06. The molecule has 0 radical (unpaired) electrons. The minimum absolute atomic E-state index is 0.0434. The van der Waals surface area contributed by atoms with Crippen LogP contribution in [0.25, 0.3) is 0 Å². The van der Waals surface area contributed by atoms with Gasteiger partial charge in [-0.05, 0) is 42.9 Å². The molecule has 0 aromatic heterocycles. The second kappa shape index (κ2) is 3.07. The monoisotopic (exact) mass is 212 g/mol. The van der Waals surface area contributed by atoms with Crippen LogP contribution in [0.3, 0.4) is 0 Å². The SMILES string of the molecule is Cc1c(C2CC2)cccc1S(=O)(=O)O. The Labute approximate surface area is 83.5 Å². The van der Waals surface area contributed by atoms with Gasteiger partial charge in [-0.25, -0.2) is 0 Å². The van der Waals surface area contributed by atoms with Gasteiger partial charge in [0.25, 0.3) is 10.1 Å². The lowest BCUT2D eigenvalue weighted by Gasteiger charge is -2.07. The average molecular weight is 212 g/mol. The summed E-state index contributed by atoms with van der Waals surface area (Å²) in [5.74, 6) is 0.497. The fraction of sp³-hybridized carbons (Fsp3) is 0.400. The van der Waals surface area contributed by atoms with Crippen LogP contribution in [-0.4, -0.2) is 13.0 Å². The molecule has 0 heterocycles. The van der Waals surface area contributed by atoms with Crippen molar-refractivity contribution in [3.8, 4) is 0 Å². The van der Waals surface area contributed by atoms with E-state index >= 15 is 0 Å². The third-order valence-electron chi connectivity index (χ3n) is 2.62. The van der Waals surface area contributed by atoms with Gasteiger partial charge in [0.05, 0.1) is 4.90 Å². The van der Waals surface area contributed by atoms with Crippen molar-refractivity contribution in [1.29, 1.82) is 0 Å². The minimum atomic E-state index is -4.06. The standard InChI is InChI=1S/C10H12O3S/c1-7-9(8-5-6-8)3-2-4-10(7)14(11,12)13/h2-4,8H,5-6H2,1H3,(H,11,12,13). The first kappa shape index (κ1) is 9.68. The van der Waals surface area contributed by atoms with Crippen molar-refractivity contribution in [2.75, 3.05) is 0 Å². The highest BCUT2D eigenvalue weighted by atomic mass is 32.2. The van der Waals surface area contributed by atoms with Crippen LogP contribution in [0, 0.1) is 6.92 Å². The molecule has 0 aliphatic heterocycles. The van der Waals surface area contributed by atoms with Gasteiger partial charge in [0, 0.05) is 0 Å². The lowest BCUT2D eigenvalue weighted by Crippen LogP contribution is -2.02. The van der Waals surface area contributed by atoms with Gasteiger partial charge in [-0.3, -0.25) is 4.55 Å². The van der Waals surface area contributed by atoms with Gasteiger partial charge >= 0.3 is 0 Å². The first-order valence-corrected chi connectivity index (χ1v) is 6.01. The maximum absolute atomic E-state index is 11.0. The summed E-state index contributed by atoms with van der Waals surface area (Å²) in [4.78, 5) is 0.0434. The van der Waals surface area contributed by atoms with E-state index < -0.39 is 10.1 Å². The highest BCUT2D eigenvalue weighted by Gasteiger charge is 2.27. The molecule has 2 rings (SSSR count). The van der Waals surface area contributed by atoms with Gasteiger partial charge in [0.1, 0.15) is 0 Å². The van der Waals surface area contributed by atoms with Crippen LogP contribution in [0.4, 0.5) is 0 Å². The van der Waals surface area contributed by atoms with Gasteiger partial charge in [-0.1, -0.05) is 12.1 Å². The number of rotatable bonds is 2. The zero-order valence-corrected chi connectivity index (χ0v) is 8.71. The van der Waals surface area contributed by atoms with Crippen molar-refractivity contribution >= 4 is 10.1 Å². The van der Waals surface area contributed by atoms with Gasteiger partial charge < -0.3 is 0 Å². The molecule has 76 valence electrons. The summed E-state index contributed by atoms with van der Waals surface area (Å²) < 4.78 is 31.0. The Morgan fingerprint density at radius 1 is 1.36 bits per heavy atom. The predicted molar refractivity (Wildman–Crippen MR) is 53.0 cm³/mol. The van der Waals surface area contributed by atoms with Crippen molar-refractivity contribution < 1.29 is 13.0 Å². The average Bonchev–Trinajstić information content (AvgIpc) is 2.85.